The van der Waals surface area contributed by atoms with Crippen molar-refractivity contribution >= 4 is 28.4 Å². The van der Waals surface area contributed by atoms with E-state index in [1.165, 1.54) is 6.33 Å². The van der Waals surface area contributed by atoms with Crippen molar-refractivity contribution in [2.24, 2.45) is 16.7 Å². The molecule has 2 rings (SSSR count). The summed E-state index contributed by atoms with van der Waals surface area (Å²) in [5.41, 5.74) is 0.622. The lowest BCUT2D eigenvalue weighted by atomic mass is 10.0. The molecule has 1 saturated carbocycles. The van der Waals surface area contributed by atoms with Crippen molar-refractivity contribution in [3.05, 3.63) is 20.3 Å². The predicted molar refractivity (Wildman–Crippen MR) is 77.1 cm³/mol. The van der Waals surface area contributed by atoms with Crippen LogP contribution in [-0.4, -0.2) is 16.5 Å². The zero-order valence-electron chi connectivity index (χ0n) is 10.6. The molecule has 0 atom stereocenters. The molecule has 0 spiro atoms. The lowest BCUT2D eigenvalue weighted by Crippen LogP contribution is -2.17. The molecule has 0 unspecified atom stereocenters. The van der Waals surface area contributed by atoms with Gasteiger partial charge in [-0.2, -0.15) is 0 Å². The third kappa shape index (κ3) is 1.98. The van der Waals surface area contributed by atoms with Crippen molar-refractivity contribution in [1.29, 1.82) is 0 Å². The molecule has 0 radical (unpaired) electrons. The molecule has 94 valence electrons. The number of hydrogen-bond donors (Lipinski definition) is 2. The number of nitrogens with one attached hydrogen (secondary N) is 2. The molecule has 4 nitrogen and oxygen atoms in total. The number of halogens is 1. The second-order valence-electron chi connectivity index (χ2n) is 5.77. The maximum Gasteiger partial charge on any atom is 0.266 e. The molecule has 1 aliphatic rings. The first-order valence-corrected chi connectivity index (χ1v) is 6.83. The van der Waals surface area contributed by atoms with Crippen LogP contribution in [0.15, 0.2) is 11.1 Å². The highest BCUT2D eigenvalue weighted by Gasteiger charge is 2.64. The third-order valence-electron chi connectivity index (χ3n) is 4.59. The lowest BCUT2D eigenvalue weighted by Gasteiger charge is -2.07. The highest BCUT2D eigenvalue weighted by atomic mass is 127. The van der Waals surface area contributed by atoms with Crippen LogP contribution in [0, 0.1) is 20.3 Å². The minimum absolute atomic E-state index is 0.0857. The Morgan fingerprint density at radius 3 is 2.53 bits per heavy atom. The third-order valence-corrected chi connectivity index (χ3v) is 5.59. The Hall–Kier alpha value is -0.590. The molecule has 1 aromatic heterocycles. The lowest BCUT2D eigenvalue weighted by molar-refractivity contribution is 0.457. The first kappa shape index (κ1) is 12.9. The molecule has 1 heterocycles. The maximum atomic E-state index is 11.4. The molecular weight excluding hydrogens is 329 g/mol. The smallest absolute Gasteiger partial charge is 0.266 e. The van der Waals surface area contributed by atoms with Gasteiger partial charge in [0.05, 0.1) is 6.33 Å². The Bertz CT molecular complexity index is 479. The average Bonchev–Trinajstić information content (AvgIpc) is 2.61. The van der Waals surface area contributed by atoms with Crippen LogP contribution in [0.1, 0.15) is 27.7 Å². The van der Waals surface area contributed by atoms with Gasteiger partial charge in [0.25, 0.3) is 5.56 Å². The minimum atomic E-state index is -0.0857. The summed E-state index contributed by atoms with van der Waals surface area (Å²) in [7, 11) is 0. The Balaban J connectivity index is 2.06. The van der Waals surface area contributed by atoms with E-state index in [1.807, 2.05) is 22.6 Å². The highest BCUT2D eigenvalue weighted by molar-refractivity contribution is 14.1. The largest absolute Gasteiger partial charge is 0.369 e. The van der Waals surface area contributed by atoms with E-state index in [0.29, 0.717) is 26.1 Å². The molecule has 17 heavy (non-hydrogen) atoms. The summed E-state index contributed by atoms with van der Waals surface area (Å²) in [5, 5.41) is 3.29. The summed E-state index contributed by atoms with van der Waals surface area (Å²) in [6, 6.07) is 0. The van der Waals surface area contributed by atoms with Gasteiger partial charge in [0.2, 0.25) is 0 Å². The number of nitrogens with zero attached hydrogens (tertiary/aromatic N) is 1. The molecule has 0 aromatic carbocycles. The van der Waals surface area contributed by atoms with E-state index in [9.17, 15) is 4.79 Å². The van der Waals surface area contributed by atoms with Gasteiger partial charge < -0.3 is 10.3 Å². The van der Waals surface area contributed by atoms with E-state index >= 15 is 0 Å². The zero-order chi connectivity index (χ0) is 12.8. The quantitative estimate of drug-likeness (QED) is 0.826. The van der Waals surface area contributed by atoms with E-state index in [0.717, 1.165) is 6.54 Å². The number of aromatic amines is 1. The van der Waals surface area contributed by atoms with Crippen LogP contribution < -0.4 is 10.9 Å². The van der Waals surface area contributed by atoms with Gasteiger partial charge in [-0.05, 0) is 39.3 Å². The van der Waals surface area contributed by atoms with Crippen LogP contribution in [0.4, 0.5) is 5.82 Å². The average molecular weight is 347 g/mol. The Kier molecular flexibility index (Phi) is 3.00. The number of aromatic nitrogens is 2. The fraction of sp³-hybridized carbons (Fsp3) is 0.667. The molecule has 1 aromatic rings. The fourth-order valence-electron chi connectivity index (χ4n) is 2.55. The molecule has 1 aliphatic carbocycles. The van der Waals surface area contributed by atoms with Crippen LogP contribution in [0.25, 0.3) is 0 Å². The SMILES string of the molecule is CC1(C)C(CNc2nc[nH]c(=O)c2I)C1(C)C. The van der Waals surface area contributed by atoms with Crippen molar-refractivity contribution in [3.8, 4) is 0 Å². The number of H-pyrrole nitrogens is 1. The van der Waals surface area contributed by atoms with Crippen molar-refractivity contribution in [2.45, 2.75) is 27.7 Å². The van der Waals surface area contributed by atoms with E-state index in [1.54, 1.807) is 0 Å². The van der Waals surface area contributed by atoms with Gasteiger partial charge in [-0.25, -0.2) is 4.98 Å². The maximum absolute atomic E-state index is 11.4. The van der Waals surface area contributed by atoms with Gasteiger partial charge in [0.1, 0.15) is 9.39 Å². The van der Waals surface area contributed by atoms with Gasteiger partial charge in [0, 0.05) is 6.54 Å². The van der Waals surface area contributed by atoms with Gasteiger partial charge in [-0.1, -0.05) is 27.7 Å². The second-order valence-corrected chi connectivity index (χ2v) is 6.85. The minimum Gasteiger partial charge on any atom is -0.369 e. The fourth-order valence-corrected chi connectivity index (χ4v) is 3.03. The molecule has 2 N–H and O–H groups in total. The predicted octanol–water partition coefficient (Wildman–Crippen LogP) is 2.47. The summed E-state index contributed by atoms with van der Waals surface area (Å²) in [6.07, 6.45) is 1.44. The first-order valence-electron chi connectivity index (χ1n) is 5.75. The molecule has 5 heteroatoms. The molecule has 0 aliphatic heterocycles. The highest BCUT2D eigenvalue weighted by Crippen LogP contribution is 2.68. The molecule has 0 saturated heterocycles. The molecular formula is C12H18IN3O. The van der Waals surface area contributed by atoms with Crippen LogP contribution >= 0.6 is 22.6 Å². The standard InChI is InChI=1S/C12H18IN3O/c1-11(2)7(12(11,3)4)5-14-9-8(13)10(17)16-6-15-9/h6-7H,5H2,1-4H3,(H2,14,15,16,17). The van der Waals surface area contributed by atoms with Gasteiger partial charge in [-0.15, -0.1) is 0 Å². The van der Waals surface area contributed by atoms with E-state index in [4.69, 9.17) is 0 Å². The van der Waals surface area contributed by atoms with Crippen LogP contribution in [0.3, 0.4) is 0 Å². The topological polar surface area (TPSA) is 57.8 Å². The summed E-state index contributed by atoms with van der Waals surface area (Å²) < 4.78 is 0.626. The number of rotatable bonds is 3. The molecule has 0 bridgehead atoms. The van der Waals surface area contributed by atoms with Gasteiger partial charge in [0.15, 0.2) is 0 Å². The van der Waals surface area contributed by atoms with Gasteiger partial charge in [-0.3, -0.25) is 4.79 Å². The zero-order valence-corrected chi connectivity index (χ0v) is 12.8. The van der Waals surface area contributed by atoms with Crippen molar-refractivity contribution in [3.63, 3.8) is 0 Å². The second kappa shape index (κ2) is 3.96. The summed E-state index contributed by atoms with van der Waals surface area (Å²) in [5.74, 6) is 1.31. The summed E-state index contributed by atoms with van der Waals surface area (Å²) in [6.45, 7) is 10.0. The molecule has 1 fully saturated rings. The Morgan fingerprint density at radius 1 is 1.41 bits per heavy atom. The van der Waals surface area contributed by atoms with Crippen LogP contribution in [-0.2, 0) is 0 Å². The number of hydrogen-bond acceptors (Lipinski definition) is 3. The van der Waals surface area contributed by atoms with Gasteiger partial charge >= 0.3 is 0 Å². The number of anilines is 1. The van der Waals surface area contributed by atoms with Crippen molar-refractivity contribution in [2.75, 3.05) is 11.9 Å². The summed E-state index contributed by atoms with van der Waals surface area (Å²) in [4.78, 5) is 18.1. The Labute approximate surface area is 115 Å². The summed E-state index contributed by atoms with van der Waals surface area (Å²) >= 11 is 2.02. The van der Waals surface area contributed by atoms with Crippen molar-refractivity contribution in [1.82, 2.24) is 9.97 Å². The van der Waals surface area contributed by atoms with Crippen molar-refractivity contribution < 1.29 is 0 Å². The van der Waals surface area contributed by atoms with Crippen LogP contribution in [0.5, 0.6) is 0 Å². The van der Waals surface area contributed by atoms with E-state index in [2.05, 4.69) is 43.0 Å². The first-order chi connectivity index (χ1) is 7.78. The van der Waals surface area contributed by atoms with E-state index < -0.39 is 0 Å². The normalized spacial score (nSPS) is 21.2. The van der Waals surface area contributed by atoms with Crippen LogP contribution in [0.2, 0.25) is 0 Å². The monoisotopic (exact) mass is 347 g/mol. The Morgan fingerprint density at radius 2 is 2.00 bits per heavy atom. The van der Waals surface area contributed by atoms with E-state index in [-0.39, 0.29) is 5.56 Å². The molecule has 0 amide bonds.